The van der Waals surface area contributed by atoms with E-state index < -0.39 is 0 Å². The number of hydrogen-bond acceptors (Lipinski definition) is 6. The number of nitrogens with one attached hydrogen (secondary N) is 1. The largest absolute Gasteiger partial charge is 0.486 e. The molecule has 8 heteroatoms. The van der Waals surface area contributed by atoms with Crippen molar-refractivity contribution >= 4 is 18.4 Å². The van der Waals surface area contributed by atoms with Crippen molar-refractivity contribution < 1.29 is 9.47 Å². The van der Waals surface area contributed by atoms with E-state index in [2.05, 4.69) is 15.3 Å². The molecule has 2 heterocycles. The number of H-pyrrole nitrogens is 1. The highest BCUT2D eigenvalue weighted by molar-refractivity contribution is 7.71. The van der Waals surface area contributed by atoms with Gasteiger partial charge in [0.15, 0.2) is 11.5 Å². The summed E-state index contributed by atoms with van der Waals surface area (Å²) in [4.78, 5) is 11.9. The van der Waals surface area contributed by atoms with E-state index in [1.165, 1.54) is 6.21 Å². The molecule has 0 unspecified atom stereocenters. The Balaban J connectivity index is 1.95. The van der Waals surface area contributed by atoms with Crippen molar-refractivity contribution in [3.8, 4) is 11.5 Å². The van der Waals surface area contributed by atoms with Gasteiger partial charge >= 0.3 is 0 Å². The Morgan fingerprint density at radius 3 is 2.95 bits per heavy atom. The topological polar surface area (TPSA) is 81.5 Å². The van der Waals surface area contributed by atoms with Crippen molar-refractivity contribution in [1.29, 1.82) is 0 Å². The zero-order valence-corrected chi connectivity index (χ0v) is 12.0. The summed E-state index contributed by atoms with van der Waals surface area (Å²) < 4.78 is 12.2. The summed E-state index contributed by atoms with van der Waals surface area (Å²) in [5.41, 5.74) is 0.713. The van der Waals surface area contributed by atoms with Crippen LogP contribution >= 0.6 is 12.2 Å². The Morgan fingerprint density at radius 1 is 1.38 bits per heavy atom. The first-order chi connectivity index (χ1) is 10.1. The van der Waals surface area contributed by atoms with Gasteiger partial charge in [0.25, 0.3) is 5.56 Å². The molecule has 1 aromatic carbocycles. The highest BCUT2D eigenvalue weighted by atomic mass is 32.1. The Morgan fingerprint density at radius 2 is 2.14 bits per heavy atom. The number of ether oxygens (including phenoxy) is 2. The predicted octanol–water partition coefficient (Wildman–Crippen LogP) is 1.26. The predicted molar refractivity (Wildman–Crippen MR) is 78.8 cm³/mol. The van der Waals surface area contributed by atoms with E-state index in [-0.39, 0.29) is 10.3 Å². The van der Waals surface area contributed by atoms with E-state index in [4.69, 9.17) is 21.7 Å². The van der Waals surface area contributed by atoms with E-state index in [9.17, 15) is 4.79 Å². The summed E-state index contributed by atoms with van der Waals surface area (Å²) in [7, 11) is 0. The molecule has 2 aromatic rings. The monoisotopic (exact) mass is 304 g/mol. The third-order valence-corrected chi connectivity index (χ3v) is 3.17. The van der Waals surface area contributed by atoms with Gasteiger partial charge in [-0.25, -0.2) is 0 Å². The second-order valence-electron chi connectivity index (χ2n) is 4.38. The minimum absolute atomic E-state index is 0.138. The van der Waals surface area contributed by atoms with Crippen molar-refractivity contribution in [2.45, 2.75) is 6.92 Å². The summed E-state index contributed by atoms with van der Waals surface area (Å²) in [5, 5.41) is 10.4. The molecule has 0 radical (unpaired) electrons. The van der Waals surface area contributed by atoms with Gasteiger partial charge < -0.3 is 9.47 Å². The molecule has 0 bridgehead atoms. The lowest BCUT2D eigenvalue weighted by molar-refractivity contribution is 0.171. The summed E-state index contributed by atoms with van der Waals surface area (Å²) >= 11 is 5.00. The normalized spacial score (nSPS) is 13.6. The van der Waals surface area contributed by atoms with Crippen LogP contribution in [0.3, 0.4) is 0 Å². The number of aryl methyl sites for hydroxylation is 1. The molecule has 7 nitrogen and oxygen atoms in total. The first-order valence-electron chi connectivity index (χ1n) is 6.27. The van der Waals surface area contributed by atoms with E-state index in [0.717, 1.165) is 10.2 Å². The number of aromatic amines is 1. The third kappa shape index (κ3) is 2.70. The van der Waals surface area contributed by atoms with Crippen LogP contribution < -0.4 is 15.0 Å². The van der Waals surface area contributed by atoms with Gasteiger partial charge in [0.2, 0.25) is 4.77 Å². The van der Waals surface area contributed by atoms with Gasteiger partial charge in [-0.1, -0.05) is 0 Å². The van der Waals surface area contributed by atoms with Crippen molar-refractivity contribution in [2.75, 3.05) is 13.2 Å². The molecule has 1 N–H and O–H groups in total. The second kappa shape index (κ2) is 5.49. The van der Waals surface area contributed by atoms with Crippen molar-refractivity contribution in [3.05, 3.63) is 44.6 Å². The molecule has 1 aliphatic heterocycles. The van der Waals surface area contributed by atoms with Crippen LogP contribution in [0.4, 0.5) is 0 Å². The maximum atomic E-state index is 11.9. The van der Waals surface area contributed by atoms with Crippen LogP contribution in [0.15, 0.2) is 28.1 Å². The summed E-state index contributed by atoms with van der Waals surface area (Å²) in [6, 6.07) is 5.42. The molecule has 0 saturated carbocycles. The van der Waals surface area contributed by atoms with Gasteiger partial charge in [-0.2, -0.15) is 14.9 Å². The molecule has 3 rings (SSSR count). The SMILES string of the molecule is Cc1n[nH]c(=S)n(N=Cc2ccc3c(c2)OCCO3)c1=O. The molecule has 0 saturated heterocycles. The van der Waals surface area contributed by atoms with Crippen LogP contribution in [0.2, 0.25) is 0 Å². The zero-order chi connectivity index (χ0) is 14.8. The number of hydrogen-bond donors (Lipinski definition) is 1. The minimum Gasteiger partial charge on any atom is -0.486 e. The lowest BCUT2D eigenvalue weighted by Gasteiger charge is -2.18. The average molecular weight is 304 g/mol. The van der Waals surface area contributed by atoms with Crippen LogP contribution in [-0.4, -0.2) is 34.3 Å². The fourth-order valence-corrected chi connectivity index (χ4v) is 2.02. The fourth-order valence-electron chi connectivity index (χ4n) is 1.84. The molecule has 1 aliphatic rings. The molecule has 0 amide bonds. The molecular formula is C13H12N4O3S. The fraction of sp³-hybridized carbons (Fsp3) is 0.231. The molecule has 21 heavy (non-hydrogen) atoms. The van der Waals surface area contributed by atoms with Crippen LogP contribution in [0.5, 0.6) is 11.5 Å². The van der Waals surface area contributed by atoms with Gasteiger partial charge in [-0.3, -0.25) is 9.89 Å². The van der Waals surface area contributed by atoms with Crippen LogP contribution in [0.1, 0.15) is 11.3 Å². The second-order valence-corrected chi connectivity index (χ2v) is 4.77. The number of benzene rings is 1. The summed E-state index contributed by atoms with van der Waals surface area (Å²) in [6.45, 7) is 2.65. The number of aromatic nitrogens is 3. The number of fused-ring (bicyclic) bond motifs is 1. The highest BCUT2D eigenvalue weighted by Crippen LogP contribution is 2.30. The third-order valence-electron chi connectivity index (χ3n) is 2.90. The zero-order valence-electron chi connectivity index (χ0n) is 11.2. The van der Waals surface area contributed by atoms with Gasteiger partial charge in [-0.05, 0) is 42.9 Å². The van der Waals surface area contributed by atoms with E-state index in [1.54, 1.807) is 19.1 Å². The molecular weight excluding hydrogens is 292 g/mol. The van der Waals surface area contributed by atoms with Crippen molar-refractivity contribution in [1.82, 2.24) is 14.9 Å². The van der Waals surface area contributed by atoms with Gasteiger partial charge in [0.05, 0.1) is 6.21 Å². The first kappa shape index (κ1) is 13.5. The van der Waals surface area contributed by atoms with Gasteiger partial charge in [-0.15, -0.1) is 0 Å². The first-order valence-corrected chi connectivity index (χ1v) is 6.68. The van der Waals surface area contributed by atoms with Gasteiger partial charge in [0, 0.05) is 0 Å². The summed E-state index contributed by atoms with van der Waals surface area (Å²) in [6.07, 6.45) is 1.53. The minimum atomic E-state index is -0.354. The molecule has 0 aliphatic carbocycles. The Hall–Kier alpha value is -2.48. The highest BCUT2D eigenvalue weighted by Gasteiger charge is 2.11. The van der Waals surface area contributed by atoms with Crippen LogP contribution in [0, 0.1) is 11.7 Å². The molecule has 0 atom stereocenters. The van der Waals surface area contributed by atoms with Crippen molar-refractivity contribution in [3.63, 3.8) is 0 Å². The average Bonchev–Trinajstić information content (AvgIpc) is 2.51. The number of rotatable bonds is 2. The lowest BCUT2D eigenvalue weighted by atomic mass is 10.2. The lowest BCUT2D eigenvalue weighted by Crippen LogP contribution is -2.22. The Kier molecular flexibility index (Phi) is 3.53. The van der Waals surface area contributed by atoms with Crippen molar-refractivity contribution in [2.24, 2.45) is 5.10 Å². The smallest absolute Gasteiger partial charge is 0.296 e. The molecule has 108 valence electrons. The van der Waals surface area contributed by atoms with Crippen LogP contribution in [-0.2, 0) is 0 Å². The van der Waals surface area contributed by atoms with E-state index >= 15 is 0 Å². The number of nitrogens with zero attached hydrogens (tertiary/aromatic N) is 3. The maximum absolute atomic E-state index is 11.9. The van der Waals surface area contributed by atoms with Gasteiger partial charge in [0.1, 0.15) is 18.9 Å². The molecule has 0 spiro atoms. The quantitative estimate of drug-likeness (QED) is 0.667. The standard InChI is InChI=1S/C13H12N4O3S/c1-8-12(18)17(13(21)16-15-8)14-7-9-2-3-10-11(6-9)20-5-4-19-10/h2-3,6-7H,4-5H2,1H3,(H,16,21). The Labute approximate surface area is 124 Å². The Bertz CT molecular complexity index is 825. The maximum Gasteiger partial charge on any atom is 0.296 e. The summed E-state index contributed by atoms with van der Waals surface area (Å²) in [5.74, 6) is 1.36. The van der Waals surface area contributed by atoms with E-state index in [1.807, 2.05) is 6.07 Å². The molecule has 1 aromatic heterocycles. The molecule has 0 fully saturated rings. The van der Waals surface area contributed by atoms with E-state index in [0.29, 0.717) is 30.4 Å². The van der Waals surface area contributed by atoms with Crippen LogP contribution in [0.25, 0.3) is 0 Å².